The van der Waals surface area contributed by atoms with Crippen LogP contribution in [0.25, 0.3) is 0 Å². The first-order chi connectivity index (χ1) is 6.36. The van der Waals surface area contributed by atoms with Crippen LogP contribution in [-0.4, -0.2) is 19.1 Å². The Kier molecular flexibility index (Phi) is 4.45. The molecular formula is C10H17ClN2O. The average Bonchev–Trinajstić information content (AvgIpc) is 2.74. The molecule has 0 saturated carbocycles. The van der Waals surface area contributed by atoms with Crippen molar-refractivity contribution in [2.24, 2.45) is 0 Å². The van der Waals surface area contributed by atoms with Crippen molar-refractivity contribution in [3.05, 3.63) is 24.2 Å². The third-order valence-corrected chi connectivity index (χ3v) is 2.52. The fourth-order valence-electron chi connectivity index (χ4n) is 1.77. The maximum Gasteiger partial charge on any atom is 0.120 e. The number of hydrogen-bond acceptors (Lipinski definition) is 3. The molecule has 1 fully saturated rings. The molecule has 0 radical (unpaired) electrons. The lowest BCUT2D eigenvalue weighted by atomic mass is 10.2. The first kappa shape index (κ1) is 11.6. The fourth-order valence-corrected chi connectivity index (χ4v) is 1.77. The maximum atomic E-state index is 5.32. The van der Waals surface area contributed by atoms with Crippen molar-refractivity contribution in [1.82, 2.24) is 10.6 Å². The summed E-state index contributed by atoms with van der Waals surface area (Å²) in [6.07, 6.45) is 2.94. The van der Waals surface area contributed by atoms with Gasteiger partial charge in [0.25, 0.3) is 0 Å². The second kappa shape index (κ2) is 5.39. The lowest BCUT2D eigenvalue weighted by Gasteiger charge is -2.16. The predicted octanol–water partition coefficient (Wildman–Crippen LogP) is 1.71. The van der Waals surface area contributed by atoms with Gasteiger partial charge in [-0.05, 0) is 32.0 Å². The van der Waals surface area contributed by atoms with Crippen LogP contribution in [0.1, 0.15) is 25.1 Å². The smallest absolute Gasteiger partial charge is 0.120 e. The van der Waals surface area contributed by atoms with Gasteiger partial charge in [-0.1, -0.05) is 0 Å². The highest BCUT2D eigenvalue weighted by atomic mass is 35.5. The predicted molar refractivity (Wildman–Crippen MR) is 58.8 cm³/mol. The van der Waals surface area contributed by atoms with Crippen LogP contribution < -0.4 is 10.6 Å². The van der Waals surface area contributed by atoms with Crippen LogP contribution in [0.3, 0.4) is 0 Å². The number of halogens is 1. The quantitative estimate of drug-likeness (QED) is 0.808. The maximum absolute atomic E-state index is 5.32. The monoisotopic (exact) mass is 216 g/mol. The SMILES string of the molecule is CC(N[C@@H]1CCNC1)c1ccco1.Cl. The molecule has 2 atom stereocenters. The minimum absolute atomic E-state index is 0. The third kappa shape index (κ3) is 2.74. The molecule has 0 aromatic carbocycles. The van der Waals surface area contributed by atoms with E-state index in [9.17, 15) is 0 Å². The van der Waals surface area contributed by atoms with Crippen molar-refractivity contribution in [3.63, 3.8) is 0 Å². The minimum Gasteiger partial charge on any atom is -0.468 e. The van der Waals surface area contributed by atoms with E-state index in [-0.39, 0.29) is 12.4 Å². The molecule has 14 heavy (non-hydrogen) atoms. The van der Waals surface area contributed by atoms with Crippen LogP contribution in [0, 0.1) is 0 Å². The zero-order chi connectivity index (χ0) is 9.10. The summed E-state index contributed by atoms with van der Waals surface area (Å²) >= 11 is 0. The van der Waals surface area contributed by atoms with E-state index in [1.807, 2.05) is 12.1 Å². The molecule has 2 heterocycles. The van der Waals surface area contributed by atoms with Gasteiger partial charge < -0.3 is 15.1 Å². The fraction of sp³-hybridized carbons (Fsp3) is 0.600. The lowest BCUT2D eigenvalue weighted by Crippen LogP contribution is -2.32. The molecule has 1 aromatic rings. The molecule has 0 bridgehead atoms. The van der Waals surface area contributed by atoms with E-state index in [0.717, 1.165) is 18.8 Å². The van der Waals surface area contributed by atoms with Gasteiger partial charge in [0.05, 0.1) is 12.3 Å². The molecule has 1 aliphatic rings. The standard InChI is InChI=1S/C10H16N2O.ClH/c1-8(10-3-2-6-13-10)12-9-4-5-11-7-9;/h2-3,6,8-9,11-12H,4-5,7H2,1H3;1H/t8?,9-;/m1./s1. The Morgan fingerprint density at radius 2 is 2.50 bits per heavy atom. The Hall–Kier alpha value is -0.510. The molecule has 3 nitrogen and oxygen atoms in total. The molecule has 0 amide bonds. The summed E-state index contributed by atoms with van der Waals surface area (Å²) in [5.74, 6) is 1.02. The first-order valence-corrected chi connectivity index (χ1v) is 4.86. The zero-order valence-electron chi connectivity index (χ0n) is 8.32. The average molecular weight is 217 g/mol. The summed E-state index contributed by atoms with van der Waals surface area (Å²) in [5.41, 5.74) is 0. The van der Waals surface area contributed by atoms with E-state index < -0.39 is 0 Å². The summed E-state index contributed by atoms with van der Waals surface area (Å²) < 4.78 is 5.32. The van der Waals surface area contributed by atoms with Crippen LogP contribution in [0.4, 0.5) is 0 Å². The van der Waals surface area contributed by atoms with Crippen molar-refractivity contribution in [3.8, 4) is 0 Å². The van der Waals surface area contributed by atoms with E-state index in [1.54, 1.807) is 6.26 Å². The number of rotatable bonds is 3. The summed E-state index contributed by atoms with van der Waals surface area (Å²) in [4.78, 5) is 0. The van der Waals surface area contributed by atoms with Crippen molar-refractivity contribution in [2.75, 3.05) is 13.1 Å². The Labute approximate surface area is 90.7 Å². The highest BCUT2D eigenvalue weighted by Gasteiger charge is 2.17. The van der Waals surface area contributed by atoms with Crippen LogP contribution in [-0.2, 0) is 0 Å². The molecule has 1 unspecified atom stereocenters. The molecule has 0 aliphatic carbocycles. The molecule has 1 saturated heterocycles. The van der Waals surface area contributed by atoms with E-state index in [4.69, 9.17) is 4.42 Å². The molecular weight excluding hydrogens is 200 g/mol. The molecule has 80 valence electrons. The van der Waals surface area contributed by atoms with E-state index in [2.05, 4.69) is 17.6 Å². The van der Waals surface area contributed by atoms with Gasteiger partial charge in [0, 0.05) is 12.6 Å². The Morgan fingerprint density at radius 1 is 1.64 bits per heavy atom. The lowest BCUT2D eigenvalue weighted by molar-refractivity contribution is 0.397. The zero-order valence-corrected chi connectivity index (χ0v) is 9.14. The Balaban J connectivity index is 0.000000980. The molecule has 1 aliphatic heterocycles. The number of nitrogens with one attached hydrogen (secondary N) is 2. The summed E-state index contributed by atoms with van der Waals surface area (Å²) in [7, 11) is 0. The van der Waals surface area contributed by atoms with Gasteiger partial charge in [-0.3, -0.25) is 0 Å². The largest absolute Gasteiger partial charge is 0.468 e. The summed E-state index contributed by atoms with van der Waals surface area (Å²) in [6, 6.07) is 4.86. The van der Waals surface area contributed by atoms with Crippen LogP contribution >= 0.6 is 12.4 Å². The van der Waals surface area contributed by atoms with Gasteiger partial charge in [-0.15, -0.1) is 12.4 Å². The Morgan fingerprint density at radius 3 is 3.07 bits per heavy atom. The number of hydrogen-bond donors (Lipinski definition) is 2. The number of furan rings is 1. The van der Waals surface area contributed by atoms with Crippen molar-refractivity contribution >= 4 is 12.4 Å². The van der Waals surface area contributed by atoms with Gasteiger partial charge in [0.2, 0.25) is 0 Å². The van der Waals surface area contributed by atoms with Gasteiger partial charge in [0.15, 0.2) is 0 Å². The topological polar surface area (TPSA) is 37.2 Å². The summed E-state index contributed by atoms with van der Waals surface area (Å²) in [6.45, 7) is 4.34. The van der Waals surface area contributed by atoms with Gasteiger partial charge in [-0.2, -0.15) is 0 Å². The van der Waals surface area contributed by atoms with Gasteiger partial charge in [0.1, 0.15) is 5.76 Å². The van der Waals surface area contributed by atoms with E-state index in [1.165, 1.54) is 6.42 Å². The van der Waals surface area contributed by atoms with E-state index >= 15 is 0 Å². The Bertz CT molecular complexity index is 245. The third-order valence-electron chi connectivity index (χ3n) is 2.52. The molecule has 2 rings (SSSR count). The molecule has 0 spiro atoms. The highest BCUT2D eigenvalue weighted by Crippen LogP contribution is 2.14. The van der Waals surface area contributed by atoms with Crippen molar-refractivity contribution < 1.29 is 4.42 Å². The first-order valence-electron chi connectivity index (χ1n) is 4.86. The molecule has 4 heteroatoms. The highest BCUT2D eigenvalue weighted by molar-refractivity contribution is 5.85. The van der Waals surface area contributed by atoms with Gasteiger partial charge >= 0.3 is 0 Å². The summed E-state index contributed by atoms with van der Waals surface area (Å²) in [5, 5.41) is 6.85. The van der Waals surface area contributed by atoms with Crippen LogP contribution in [0.2, 0.25) is 0 Å². The van der Waals surface area contributed by atoms with Crippen molar-refractivity contribution in [1.29, 1.82) is 0 Å². The second-order valence-electron chi connectivity index (χ2n) is 3.59. The van der Waals surface area contributed by atoms with Gasteiger partial charge in [-0.25, -0.2) is 0 Å². The van der Waals surface area contributed by atoms with Crippen LogP contribution in [0.15, 0.2) is 22.8 Å². The van der Waals surface area contributed by atoms with E-state index in [0.29, 0.717) is 12.1 Å². The minimum atomic E-state index is 0. The normalized spacial score (nSPS) is 23.1. The molecule has 1 aromatic heterocycles. The van der Waals surface area contributed by atoms with Crippen molar-refractivity contribution in [2.45, 2.75) is 25.4 Å². The molecule has 2 N–H and O–H groups in total. The van der Waals surface area contributed by atoms with Crippen LogP contribution in [0.5, 0.6) is 0 Å². The second-order valence-corrected chi connectivity index (χ2v) is 3.59.